The summed E-state index contributed by atoms with van der Waals surface area (Å²) in [5, 5.41) is 13.7. The Hall–Kier alpha value is -1.02. The fraction of sp³-hybridized carbons (Fsp3) is 0.647. The normalized spacial score (nSPS) is 28.5. The van der Waals surface area contributed by atoms with Crippen molar-refractivity contribution >= 4 is 0 Å². The first kappa shape index (κ1) is 14.4. The molecule has 0 aliphatic heterocycles. The lowest BCUT2D eigenvalue weighted by atomic mass is 9.93. The van der Waals surface area contributed by atoms with Gasteiger partial charge in [-0.15, -0.1) is 0 Å². The molecule has 1 fully saturated rings. The Morgan fingerprint density at radius 1 is 1.37 bits per heavy atom. The summed E-state index contributed by atoms with van der Waals surface area (Å²) in [6.07, 6.45) is 3.88. The highest BCUT2D eigenvalue weighted by molar-refractivity contribution is 5.37. The van der Waals surface area contributed by atoms with E-state index < -0.39 is 0 Å². The van der Waals surface area contributed by atoms with Gasteiger partial charge in [0.25, 0.3) is 0 Å². The van der Waals surface area contributed by atoms with E-state index in [1.54, 1.807) is 6.07 Å². The Kier molecular flexibility index (Phi) is 4.51. The zero-order valence-electron chi connectivity index (χ0n) is 12.6. The fourth-order valence-electron chi connectivity index (χ4n) is 3.49. The summed E-state index contributed by atoms with van der Waals surface area (Å²) >= 11 is 0. The van der Waals surface area contributed by atoms with Crippen molar-refractivity contribution in [2.24, 2.45) is 11.8 Å². The molecule has 2 rings (SSSR count). The molecule has 4 atom stereocenters. The van der Waals surface area contributed by atoms with Crippen molar-refractivity contribution in [3.8, 4) is 5.75 Å². The molecule has 0 saturated heterocycles. The van der Waals surface area contributed by atoms with Gasteiger partial charge in [0.1, 0.15) is 5.75 Å². The van der Waals surface area contributed by atoms with Gasteiger partial charge in [0.15, 0.2) is 0 Å². The lowest BCUT2D eigenvalue weighted by Gasteiger charge is -2.25. The molecule has 2 N–H and O–H groups in total. The van der Waals surface area contributed by atoms with Crippen LogP contribution in [0.25, 0.3) is 0 Å². The number of aromatic hydroxyl groups is 1. The van der Waals surface area contributed by atoms with Crippen LogP contribution in [0.5, 0.6) is 5.75 Å². The monoisotopic (exact) mass is 261 g/mol. The van der Waals surface area contributed by atoms with Gasteiger partial charge >= 0.3 is 0 Å². The lowest BCUT2D eigenvalue weighted by Crippen LogP contribution is -2.34. The van der Waals surface area contributed by atoms with Gasteiger partial charge in [-0.2, -0.15) is 0 Å². The SMILES string of the molecule is CCC1CCC(NC(C)c2cc(C)ccc2O)C1C. The van der Waals surface area contributed by atoms with Crippen LogP contribution >= 0.6 is 0 Å². The summed E-state index contributed by atoms with van der Waals surface area (Å²) in [6.45, 7) is 8.88. The van der Waals surface area contributed by atoms with Crippen molar-refractivity contribution in [1.29, 1.82) is 0 Å². The second-order valence-electron chi connectivity index (χ2n) is 6.16. The Labute approximate surface area is 117 Å². The third-order valence-electron chi connectivity index (χ3n) is 4.86. The molecule has 2 nitrogen and oxygen atoms in total. The fourth-order valence-corrected chi connectivity index (χ4v) is 3.49. The van der Waals surface area contributed by atoms with Crippen LogP contribution in [-0.2, 0) is 0 Å². The predicted octanol–water partition coefficient (Wildman–Crippen LogP) is 4.18. The molecule has 1 saturated carbocycles. The highest BCUT2D eigenvalue weighted by Crippen LogP contribution is 2.36. The van der Waals surface area contributed by atoms with Crippen molar-refractivity contribution < 1.29 is 5.11 Å². The van der Waals surface area contributed by atoms with E-state index >= 15 is 0 Å². The molecule has 19 heavy (non-hydrogen) atoms. The van der Waals surface area contributed by atoms with E-state index in [-0.39, 0.29) is 6.04 Å². The first-order valence-electron chi connectivity index (χ1n) is 7.58. The minimum atomic E-state index is 0.211. The van der Waals surface area contributed by atoms with E-state index in [2.05, 4.69) is 39.1 Å². The van der Waals surface area contributed by atoms with Crippen LogP contribution in [0.15, 0.2) is 18.2 Å². The van der Waals surface area contributed by atoms with E-state index in [0.717, 1.165) is 17.4 Å². The molecule has 4 unspecified atom stereocenters. The van der Waals surface area contributed by atoms with E-state index in [1.165, 1.54) is 24.8 Å². The van der Waals surface area contributed by atoms with Crippen LogP contribution in [0.3, 0.4) is 0 Å². The van der Waals surface area contributed by atoms with Crippen molar-refractivity contribution in [1.82, 2.24) is 5.32 Å². The number of aryl methyl sites for hydroxylation is 1. The standard InChI is InChI=1S/C17H27NO/c1-5-14-7-8-16(12(14)3)18-13(4)15-10-11(2)6-9-17(15)19/h6,9-10,12-14,16,18-19H,5,7-8H2,1-4H3. The second-order valence-corrected chi connectivity index (χ2v) is 6.16. The third kappa shape index (κ3) is 3.11. The maximum atomic E-state index is 10.0. The Bertz CT molecular complexity index is 429. The molecule has 1 aromatic rings. The van der Waals surface area contributed by atoms with E-state index in [0.29, 0.717) is 11.8 Å². The maximum absolute atomic E-state index is 10.0. The van der Waals surface area contributed by atoms with Crippen molar-refractivity contribution in [2.75, 3.05) is 0 Å². The van der Waals surface area contributed by atoms with Crippen LogP contribution in [0.1, 0.15) is 57.2 Å². The number of rotatable bonds is 4. The maximum Gasteiger partial charge on any atom is 0.120 e. The average Bonchev–Trinajstić information content (AvgIpc) is 2.73. The Balaban J connectivity index is 2.05. The number of benzene rings is 1. The average molecular weight is 261 g/mol. The first-order chi connectivity index (χ1) is 9.02. The predicted molar refractivity (Wildman–Crippen MR) is 80.4 cm³/mol. The number of phenols is 1. The Morgan fingerprint density at radius 2 is 2.11 bits per heavy atom. The first-order valence-corrected chi connectivity index (χ1v) is 7.58. The smallest absolute Gasteiger partial charge is 0.120 e. The van der Waals surface area contributed by atoms with Gasteiger partial charge in [-0.05, 0) is 44.6 Å². The zero-order valence-corrected chi connectivity index (χ0v) is 12.6. The van der Waals surface area contributed by atoms with Crippen LogP contribution < -0.4 is 5.32 Å². The van der Waals surface area contributed by atoms with Crippen LogP contribution in [0.4, 0.5) is 0 Å². The quantitative estimate of drug-likeness (QED) is 0.852. The molecule has 0 bridgehead atoms. The van der Waals surface area contributed by atoms with Crippen LogP contribution in [0.2, 0.25) is 0 Å². The summed E-state index contributed by atoms with van der Waals surface area (Å²) in [6, 6.07) is 6.64. The van der Waals surface area contributed by atoms with Gasteiger partial charge in [0.05, 0.1) is 0 Å². The molecule has 0 radical (unpaired) electrons. The summed E-state index contributed by atoms with van der Waals surface area (Å²) in [5.74, 6) is 2.00. The topological polar surface area (TPSA) is 32.3 Å². The van der Waals surface area contributed by atoms with Crippen LogP contribution in [0, 0.1) is 18.8 Å². The summed E-state index contributed by atoms with van der Waals surface area (Å²) < 4.78 is 0. The highest BCUT2D eigenvalue weighted by Gasteiger charge is 2.32. The van der Waals surface area contributed by atoms with Gasteiger partial charge in [0, 0.05) is 17.6 Å². The number of hydrogen-bond donors (Lipinski definition) is 2. The van der Waals surface area contributed by atoms with Gasteiger partial charge in [-0.3, -0.25) is 0 Å². The van der Waals surface area contributed by atoms with Gasteiger partial charge in [0.2, 0.25) is 0 Å². The second kappa shape index (κ2) is 5.96. The molecule has 1 aromatic carbocycles. The zero-order chi connectivity index (χ0) is 14.0. The molecular weight excluding hydrogens is 234 g/mol. The van der Waals surface area contributed by atoms with Gasteiger partial charge in [-0.1, -0.05) is 38.0 Å². The molecule has 0 heterocycles. The lowest BCUT2D eigenvalue weighted by molar-refractivity contribution is 0.324. The van der Waals surface area contributed by atoms with E-state index in [4.69, 9.17) is 0 Å². The highest BCUT2D eigenvalue weighted by atomic mass is 16.3. The van der Waals surface area contributed by atoms with E-state index in [9.17, 15) is 5.11 Å². The number of nitrogens with one attached hydrogen (secondary N) is 1. The molecular formula is C17H27NO. The molecule has 0 aromatic heterocycles. The molecule has 2 heteroatoms. The van der Waals surface area contributed by atoms with E-state index in [1.807, 2.05) is 6.07 Å². The Morgan fingerprint density at radius 3 is 2.74 bits per heavy atom. The van der Waals surface area contributed by atoms with Crippen molar-refractivity contribution in [2.45, 2.75) is 59.0 Å². The largest absolute Gasteiger partial charge is 0.508 e. The third-order valence-corrected chi connectivity index (χ3v) is 4.86. The van der Waals surface area contributed by atoms with Crippen molar-refractivity contribution in [3.05, 3.63) is 29.3 Å². The van der Waals surface area contributed by atoms with Crippen molar-refractivity contribution in [3.63, 3.8) is 0 Å². The summed E-state index contributed by atoms with van der Waals surface area (Å²) in [7, 11) is 0. The molecule has 0 amide bonds. The molecule has 1 aliphatic rings. The summed E-state index contributed by atoms with van der Waals surface area (Å²) in [5.41, 5.74) is 2.22. The van der Waals surface area contributed by atoms with Gasteiger partial charge in [-0.25, -0.2) is 0 Å². The van der Waals surface area contributed by atoms with Crippen LogP contribution in [-0.4, -0.2) is 11.1 Å². The molecule has 106 valence electrons. The minimum absolute atomic E-state index is 0.211. The van der Waals surface area contributed by atoms with Gasteiger partial charge < -0.3 is 10.4 Å². The minimum Gasteiger partial charge on any atom is -0.508 e. The number of phenolic OH excluding ortho intramolecular Hbond substituents is 1. The number of hydrogen-bond acceptors (Lipinski definition) is 2. The molecule has 1 aliphatic carbocycles. The molecule has 0 spiro atoms. The summed E-state index contributed by atoms with van der Waals surface area (Å²) in [4.78, 5) is 0.